The Kier molecular flexibility index (Phi) is 4.41. The van der Waals surface area contributed by atoms with E-state index in [0.717, 1.165) is 5.56 Å². The predicted molar refractivity (Wildman–Crippen MR) is 88.2 cm³/mol. The van der Waals surface area contributed by atoms with Crippen molar-refractivity contribution in [1.29, 1.82) is 0 Å². The van der Waals surface area contributed by atoms with Gasteiger partial charge in [0.2, 0.25) is 0 Å². The number of nitrogen functional groups attached to an aromatic ring is 1. The molecule has 0 saturated carbocycles. The van der Waals surface area contributed by atoms with Crippen molar-refractivity contribution in [1.82, 2.24) is 0 Å². The van der Waals surface area contributed by atoms with Crippen molar-refractivity contribution in [3.63, 3.8) is 0 Å². The van der Waals surface area contributed by atoms with Crippen molar-refractivity contribution in [2.75, 3.05) is 10.5 Å². The summed E-state index contributed by atoms with van der Waals surface area (Å²) in [5, 5.41) is 0. The second-order valence-electron chi connectivity index (χ2n) is 4.27. The zero-order valence-corrected chi connectivity index (χ0v) is 14.5. The minimum Gasteiger partial charge on any atom is -0.398 e. The predicted octanol–water partition coefficient (Wildman–Crippen LogP) is 3.90. The normalized spacial score (nSPS) is 11.3. The number of nitrogens with two attached hydrogens (primary N) is 1. The molecule has 0 aliphatic carbocycles. The van der Waals surface area contributed by atoms with Crippen LogP contribution in [0.25, 0.3) is 0 Å². The van der Waals surface area contributed by atoms with Crippen LogP contribution in [0.3, 0.4) is 0 Å². The third-order valence-corrected chi connectivity index (χ3v) is 5.24. The summed E-state index contributed by atoms with van der Waals surface area (Å²) in [6, 6.07) is 10.1. The lowest BCUT2D eigenvalue weighted by atomic mass is 10.2. The van der Waals surface area contributed by atoms with Crippen molar-refractivity contribution < 1.29 is 8.42 Å². The second-order valence-corrected chi connectivity index (χ2v) is 7.69. The molecular weight excluding hydrogens is 408 g/mol. The number of nitrogens with one attached hydrogen (secondary N) is 1. The van der Waals surface area contributed by atoms with E-state index >= 15 is 0 Å². The molecule has 0 bridgehead atoms. The number of benzene rings is 2. The van der Waals surface area contributed by atoms with Crippen LogP contribution in [0.15, 0.2) is 50.2 Å². The molecule has 0 amide bonds. The van der Waals surface area contributed by atoms with Gasteiger partial charge < -0.3 is 5.73 Å². The fraction of sp³-hybridized carbons (Fsp3) is 0.0769. The number of hydrogen-bond acceptors (Lipinski definition) is 3. The summed E-state index contributed by atoms with van der Waals surface area (Å²) in [5.74, 6) is 0. The number of aryl methyl sites for hydroxylation is 1. The standard InChI is InChI=1S/C13H12Br2N2O2S/c1-8-2-4-10(15)12(6-8)17-20(18,19)13-7-9(14)3-5-11(13)16/h2-7,17H,16H2,1H3. The molecule has 0 aromatic heterocycles. The lowest BCUT2D eigenvalue weighted by molar-refractivity contribution is 0.601. The number of sulfonamides is 1. The Labute approximate surface area is 134 Å². The zero-order chi connectivity index (χ0) is 14.9. The lowest BCUT2D eigenvalue weighted by Gasteiger charge is -2.12. The van der Waals surface area contributed by atoms with Gasteiger partial charge in [0, 0.05) is 8.95 Å². The number of halogens is 2. The van der Waals surface area contributed by atoms with Crippen LogP contribution < -0.4 is 10.5 Å². The Bertz CT molecular complexity index is 761. The molecule has 4 nitrogen and oxygen atoms in total. The van der Waals surface area contributed by atoms with Crippen molar-refractivity contribution in [2.24, 2.45) is 0 Å². The van der Waals surface area contributed by atoms with Crippen LogP contribution in [0, 0.1) is 6.92 Å². The average molecular weight is 420 g/mol. The maximum atomic E-state index is 12.4. The molecule has 0 unspecified atom stereocenters. The Hall–Kier alpha value is -1.05. The third-order valence-electron chi connectivity index (χ3n) is 2.63. The van der Waals surface area contributed by atoms with Gasteiger partial charge in [0.1, 0.15) is 4.90 Å². The van der Waals surface area contributed by atoms with Gasteiger partial charge in [-0.1, -0.05) is 22.0 Å². The Balaban J connectivity index is 2.46. The number of anilines is 2. The van der Waals surface area contributed by atoms with Crippen LogP contribution in [0.5, 0.6) is 0 Å². The van der Waals surface area contributed by atoms with Crippen LogP contribution in [0.1, 0.15) is 5.56 Å². The second kappa shape index (κ2) is 5.75. The van der Waals surface area contributed by atoms with Crippen LogP contribution in [0.4, 0.5) is 11.4 Å². The maximum absolute atomic E-state index is 12.4. The summed E-state index contributed by atoms with van der Waals surface area (Å²) in [6.45, 7) is 1.89. The number of rotatable bonds is 3. The molecule has 7 heteroatoms. The summed E-state index contributed by atoms with van der Waals surface area (Å²) in [4.78, 5) is 0.0419. The average Bonchev–Trinajstić information content (AvgIpc) is 2.36. The first-order valence-corrected chi connectivity index (χ1v) is 8.70. The van der Waals surface area contributed by atoms with Crippen LogP contribution in [-0.2, 0) is 10.0 Å². The third kappa shape index (κ3) is 3.34. The molecule has 0 spiro atoms. The van der Waals surface area contributed by atoms with Gasteiger partial charge in [-0.05, 0) is 58.7 Å². The quantitative estimate of drug-likeness (QED) is 0.741. The van der Waals surface area contributed by atoms with Gasteiger partial charge in [0.25, 0.3) is 10.0 Å². The lowest BCUT2D eigenvalue weighted by Crippen LogP contribution is -2.15. The van der Waals surface area contributed by atoms with E-state index in [1.54, 1.807) is 24.3 Å². The van der Waals surface area contributed by atoms with Gasteiger partial charge in [0.05, 0.1) is 11.4 Å². The van der Waals surface area contributed by atoms with Gasteiger partial charge >= 0.3 is 0 Å². The monoisotopic (exact) mass is 418 g/mol. The first kappa shape index (κ1) is 15.3. The summed E-state index contributed by atoms with van der Waals surface area (Å²) >= 11 is 6.56. The highest BCUT2D eigenvalue weighted by Crippen LogP contribution is 2.29. The molecule has 0 heterocycles. The van der Waals surface area contributed by atoms with Crippen molar-refractivity contribution in [3.8, 4) is 0 Å². The highest BCUT2D eigenvalue weighted by Gasteiger charge is 2.19. The minimum atomic E-state index is -3.74. The molecular formula is C13H12Br2N2O2S. The molecule has 106 valence electrons. The van der Waals surface area contributed by atoms with E-state index in [9.17, 15) is 8.42 Å². The Morgan fingerprint density at radius 2 is 1.80 bits per heavy atom. The van der Waals surface area contributed by atoms with E-state index in [0.29, 0.717) is 14.6 Å². The van der Waals surface area contributed by atoms with E-state index in [4.69, 9.17) is 5.73 Å². The molecule has 0 atom stereocenters. The van der Waals surface area contributed by atoms with Gasteiger partial charge in [0.15, 0.2) is 0 Å². The molecule has 0 aliphatic rings. The highest BCUT2D eigenvalue weighted by atomic mass is 79.9. The largest absolute Gasteiger partial charge is 0.398 e. The fourth-order valence-electron chi connectivity index (χ4n) is 1.66. The highest BCUT2D eigenvalue weighted by molar-refractivity contribution is 9.10. The first-order valence-electron chi connectivity index (χ1n) is 5.63. The SMILES string of the molecule is Cc1ccc(Br)c(NS(=O)(=O)c2cc(Br)ccc2N)c1. The van der Waals surface area contributed by atoms with Crippen molar-refractivity contribution in [3.05, 3.63) is 50.9 Å². The molecule has 0 saturated heterocycles. The summed E-state index contributed by atoms with van der Waals surface area (Å²) in [7, 11) is -3.74. The zero-order valence-electron chi connectivity index (χ0n) is 10.5. The van der Waals surface area contributed by atoms with Gasteiger partial charge in [-0.25, -0.2) is 8.42 Å². The summed E-state index contributed by atoms with van der Waals surface area (Å²) in [5.41, 5.74) is 7.37. The maximum Gasteiger partial charge on any atom is 0.264 e. The molecule has 20 heavy (non-hydrogen) atoms. The fourth-order valence-corrected chi connectivity index (χ4v) is 3.88. The number of hydrogen-bond donors (Lipinski definition) is 2. The van der Waals surface area contributed by atoms with E-state index in [2.05, 4.69) is 36.6 Å². The summed E-state index contributed by atoms with van der Waals surface area (Å²) in [6.07, 6.45) is 0. The van der Waals surface area contributed by atoms with Gasteiger partial charge in [-0.2, -0.15) is 0 Å². The van der Waals surface area contributed by atoms with E-state index in [-0.39, 0.29) is 10.6 Å². The van der Waals surface area contributed by atoms with Crippen molar-refractivity contribution >= 4 is 53.3 Å². The Morgan fingerprint density at radius 3 is 2.50 bits per heavy atom. The molecule has 0 aliphatic heterocycles. The summed E-state index contributed by atoms with van der Waals surface area (Å²) < 4.78 is 28.7. The molecule has 2 aromatic carbocycles. The van der Waals surface area contributed by atoms with Crippen molar-refractivity contribution in [2.45, 2.75) is 11.8 Å². The van der Waals surface area contributed by atoms with E-state index < -0.39 is 10.0 Å². The smallest absolute Gasteiger partial charge is 0.264 e. The molecule has 2 aromatic rings. The minimum absolute atomic E-state index is 0.0419. The topological polar surface area (TPSA) is 72.2 Å². The van der Waals surface area contributed by atoms with E-state index in [1.807, 2.05) is 13.0 Å². The Morgan fingerprint density at radius 1 is 1.10 bits per heavy atom. The van der Waals surface area contributed by atoms with Crippen LogP contribution in [0.2, 0.25) is 0 Å². The molecule has 0 radical (unpaired) electrons. The van der Waals surface area contributed by atoms with Crippen LogP contribution >= 0.6 is 31.9 Å². The van der Waals surface area contributed by atoms with Crippen LogP contribution in [-0.4, -0.2) is 8.42 Å². The molecule has 0 fully saturated rings. The van der Waals surface area contributed by atoms with Gasteiger partial charge in [-0.15, -0.1) is 0 Å². The van der Waals surface area contributed by atoms with E-state index in [1.165, 1.54) is 6.07 Å². The molecule has 2 rings (SSSR count). The first-order chi connectivity index (χ1) is 9.29. The van der Waals surface area contributed by atoms with Gasteiger partial charge in [-0.3, -0.25) is 4.72 Å². The molecule has 3 N–H and O–H groups in total.